The Morgan fingerprint density at radius 2 is 0.641 bits per heavy atom. The van der Waals surface area contributed by atoms with Gasteiger partial charge in [-0.2, -0.15) is 0 Å². The molecule has 0 unspecified atom stereocenters. The molecular formula is C48H56Cu7N6O17. The van der Waals surface area contributed by atoms with Gasteiger partial charge in [-0.3, -0.25) is 29.3 Å². The number of hydrogen-bond donors (Lipinski definition) is 7. The first-order valence-electron chi connectivity index (χ1n) is 19.3. The van der Waals surface area contributed by atoms with Crippen molar-refractivity contribution >= 4 is 57.5 Å². The third-order valence-electron chi connectivity index (χ3n) is 7.34. The predicted molar refractivity (Wildman–Crippen MR) is 259 cm³/mol. The number of aliphatic hydroxyl groups is 7. The maximum absolute atomic E-state index is 11.3. The molecule has 0 aliphatic rings. The molecule has 0 aromatic heterocycles. The molecule has 0 amide bonds. The molecule has 1 rings (SSSR count). The number of carbonyl (C=O) groups is 8. The van der Waals surface area contributed by atoms with E-state index in [4.69, 9.17) is 63.5 Å². The molecule has 0 aliphatic carbocycles. The predicted octanol–water partition coefficient (Wildman–Crippen LogP) is 9.87. The quantitative estimate of drug-likeness (QED) is 0.0167. The van der Waals surface area contributed by atoms with E-state index in [2.05, 4.69) is 24.2 Å². The van der Waals surface area contributed by atoms with Crippen LogP contribution in [0.4, 0.5) is 5.69 Å². The molecule has 0 aliphatic heterocycles. The summed E-state index contributed by atoms with van der Waals surface area (Å²) in [4.78, 5) is 108. The first-order valence-corrected chi connectivity index (χ1v) is 19.3. The normalized spacial score (nSPS) is 10.3. The molecule has 30 heteroatoms. The van der Waals surface area contributed by atoms with E-state index < -0.39 is 51.2 Å². The summed E-state index contributed by atoms with van der Waals surface area (Å²) < 4.78 is 0. The van der Waals surface area contributed by atoms with Crippen molar-refractivity contribution in [3.05, 3.63) is 171 Å². The molecular weight excluding hydrogens is 1380 g/mol. The molecule has 1 aromatic carbocycles. The second kappa shape index (κ2) is 57.0. The number of hydrogen-bond acceptors (Lipinski definition) is 17. The number of nitrogens with zero attached hydrogens (tertiary/aromatic N) is 6. The van der Waals surface area contributed by atoms with Crippen LogP contribution >= 0.6 is 0 Å². The maximum Gasteiger partial charge on any atom is 0.347 e. The van der Waals surface area contributed by atoms with Crippen LogP contribution in [0.5, 0.6) is 0 Å². The van der Waals surface area contributed by atoms with Crippen LogP contribution in [0.15, 0.2) is 98.6 Å². The molecule has 7 radical (unpaired) electrons. The van der Waals surface area contributed by atoms with E-state index in [-0.39, 0.29) is 200 Å². The van der Waals surface area contributed by atoms with Gasteiger partial charge in [0.25, 0.3) is 28.5 Å². The first-order chi connectivity index (χ1) is 32.4. The number of Topliss-reactive ketones (excluding diaryl/α,β-unsaturated/α-hetero) is 8. The topological polar surface area (TPSA) is 343 Å². The van der Waals surface area contributed by atoms with Gasteiger partial charge in [-0.25, -0.2) is 24.2 Å². The minimum Gasteiger partial charge on any atom is -0.540 e. The Morgan fingerprint density at radius 1 is 0.372 bits per heavy atom. The van der Waals surface area contributed by atoms with Crippen molar-refractivity contribution in [1.82, 2.24) is 0 Å². The van der Waals surface area contributed by atoms with Gasteiger partial charge in [0.05, 0.1) is 54.7 Å². The zero-order valence-electron chi connectivity index (χ0n) is 43.8. The maximum atomic E-state index is 11.3. The number of nitro benzene ring substituents is 1. The SMILES string of the molecule is CC(=O)C(=C(C)O)c1ccc([N+](=O)[O-])cc1.CC(=O)C(C(C)=O)=C(C)O.CC(=O)C(C)=C(C)O.[C-]#[N+]C(C(C)=O)=C(C)O.[C-]#[N+]C(C(C)=O)=C(C)O.[C-]#[N+]C(C(C)=O)=C(C)O.[C-]#[N+]C(O)=C([N+]#[C-])C(C)=O.[Cu].[Cu].[Cu].[Cu].[Cu].[Cu].[Cu]. The smallest absolute Gasteiger partial charge is 0.347 e. The van der Waals surface area contributed by atoms with E-state index in [0.29, 0.717) is 11.1 Å². The fraction of sp³-hybridized carbons (Fsp3) is 0.312. The van der Waals surface area contributed by atoms with Gasteiger partial charge < -0.3 is 54.9 Å². The summed E-state index contributed by atoms with van der Waals surface area (Å²) >= 11 is 0. The molecule has 1 aromatic rings. The molecule has 0 bridgehead atoms. The number of ketones is 8. The van der Waals surface area contributed by atoms with Crippen molar-refractivity contribution in [2.45, 2.75) is 104 Å². The summed E-state index contributed by atoms with van der Waals surface area (Å²) in [6.45, 7) is 51.7. The Hall–Kier alpha value is -6.15. The number of non-ortho nitro benzene ring substituents is 1. The fourth-order valence-electron chi connectivity index (χ4n) is 4.01. The Labute approximate surface area is 527 Å². The van der Waals surface area contributed by atoms with Crippen molar-refractivity contribution < 1.29 is 199 Å². The molecule has 23 nitrogen and oxygen atoms in total. The van der Waals surface area contributed by atoms with Crippen LogP contribution in [0.3, 0.4) is 0 Å². The Morgan fingerprint density at radius 3 is 0.718 bits per heavy atom. The minimum absolute atomic E-state index is 0. The average molecular weight is 1430 g/mol. The number of carbonyl (C=O) groups excluding carboxylic acids is 8. The summed E-state index contributed by atoms with van der Waals surface area (Å²) in [5, 5.41) is 71.7. The number of allylic oxidation sites excluding steroid dienone is 13. The van der Waals surface area contributed by atoms with Crippen LogP contribution in [0.1, 0.15) is 109 Å². The molecule has 0 fully saturated rings. The van der Waals surface area contributed by atoms with Crippen LogP contribution in [0, 0.1) is 43.0 Å². The van der Waals surface area contributed by atoms with E-state index in [1.165, 1.54) is 114 Å². The van der Waals surface area contributed by atoms with Crippen molar-refractivity contribution in [3.8, 4) is 0 Å². The third kappa shape index (κ3) is 49.4. The Kier molecular flexibility index (Phi) is 76.1. The van der Waals surface area contributed by atoms with Gasteiger partial charge in [0.15, 0.2) is 46.3 Å². The Balaban J connectivity index is -0.0000000574. The van der Waals surface area contributed by atoms with Gasteiger partial charge in [0.2, 0.25) is 0 Å². The third-order valence-corrected chi connectivity index (χ3v) is 7.34. The van der Waals surface area contributed by atoms with Gasteiger partial charge in [-0.05, 0) is 122 Å². The van der Waals surface area contributed by atoms with Crippen LogP contribution in [-0.2, 0) is 158 Å². The number of benzene rings is 1. The average Bonchev–Trinajstić information content (AvgIpc) is 3.21. The van der Waals surface area contributed by atoms with E-state index in [0.717, 1.165) is 6.92 Å². The van der Waals surface area contributed by atoms with Gasteiger partial charge in [0, 0.05) is 137 Å². The molecule has 0 spiro atoms. The summed E-state index contributed by atoms with van der Waals surface area (Å²) in [5.41, 5.74) is -0.143. The summed E-state index contributed by atoms with van der Waals surface area (Å²) in [7, 11) is 0. The van der Waals surface area contributed by atoms with Crippen LogP contribution < -0.4 is 0 Å². The zero-order chi connectivity index (χ0) is 57.8. The number of rotatable bonds is 10. The number of nitro groups is 1. The first kappa shape index (κ1) is 104. The number of aliphatic hydroxyl groups excluding tert-OH is 7. The van der Waals surface area contributed by atoms with E-state index in [9.17, 15) is 53.6 Å². The molecule has 457 valence electrons. The molecule has 0 saturated heterocycles. The standard InChI is InChI=1S/C11H11NO4.C7H10O3.C6H4N2O2.3C6H7NO2.C6H10O2.7Cu/c1-7(13)11(8(2)14)9-3-5-10(6-4-9)12(15)16;1-4(8)7(5(2)9)6(3)10;1-4(9)5(7-2)6(10)8-3;3*1-4(8)6(7-3)5(2)9;1-4(5(2)7)6(3)8;;;;;;;/h3-6,13H,1-2H3;8H,1-3H3;10H,1H3;3*8H,1-2H3;7H,1-3H3;;;;;;;. The summed E-state index contributed by atoms with van der Waals surface area (Å²) in [6, 6.07) is 5.46. The van der Waals surface area contributed by atoms with Crippen molar-refractivity contribution in [2.75, 3.05) is 0 Å². The summed E-state index contributed by atoms with van der Waals surface area (Å²) in [5.74, 6) is -4.60. The molecule has 78 heavy (non-hydrogen) atoms. The molecule has 0 heterocycles. The van der Waals surface area contributed by atoms with Gasteiger partial charge in [0.1, 0.15) is 28.8 Å². The largest absolute Gasteiger partial charge is 0.540 e. The van der Waals surface area contributed by atoms with Crippen molar-refractivity contribution in [2.24, 2.45) is 0 Å². The van der Waals surface area contributed by atoms with Crippen LogP contribution in [-0.4, -0.2) is 86.9 Å². The van der Waals surface area contributed by atoms with Gasteiger partial charge in [-0.1, -0.05) is 0 Å². The second-order valence-corrected chi connectivity index (χ2v) is 13.4. The van der Waals surface area contributed by atoms with Crippen LogP contribution in [0.25, 0.3) is 29.8 Å². The monoisotopic (exact) mass is 1430 g/mol. The summed E-state index contributed by atoms with van der Waals surface area (Å²) in [6.07, 6.45) is 0. The Bertz CT molecular complexity index is 2540. The minimum atomic E-state index is -0.831. The van der Waals surface area contributed by atoms with Crippen molar-refractivity contribution in [3.63, 3.8) is 0 Å². The molecule has 0 atom stereocenters. The van der Waals surface area contributed by atoms with Gasteiger partial charge in [-0.15, -0.1) is 0 Å². The van der Waals surface area contributed by atoms with Crippen LogP contribution in [0.2, 0.25) is 0 Å². The second-order valence-electron chi connectivity index (χ2n) is 13.4. The fourth-order valence-corrected chi connectivity index (χ4v) is 4.01. The van der Waals surface area contributed by atoms with E-state index >= 15 is 0 Å². The zero-order valence-corrected chi connectivity index (χ0v) is 50.4. The van der Waals surface area contributed by atoms with E-state index in [1.807, 2.05) is 0 Å². The molecule has 7 N–H and O–H groups in total. The van der Waals surface area contributed by atoms with Crippen molar-refractivity contribution in [1.29, 1.82) is 0 Å². The molecule has 0 saturated carbocycles. The van der Waals surface area contributed by atoms with E-state index in [1.54, 1.807) is 6.92 Å². The van der Waals surface area contributed by atoms with Gasteiger partial charge >= 0.3 is 5.88 Å².